The van der Waals surface area contributed by atoms with Crippen molar-refractivity contribution in [1.82, 2.24) is 36.0 Å². The van der Waals surface area contributed by atoms with Gasteiger partial charge in [0, 0.05) is 26.1 Å². The summed E-state index contributed by atoms with van der Waals surface area (Å²) in [5.41, 5.74) is 17.3. The molecule has 27 nitrogen and oxygen atoms in total. The molecule has 405 valence electrons. The molecule has 1 aromatic carbocycles. The fourth-order valence-electron chi connectivity index (χ4n) is 7.08. The fourth-order valence-corrected chi connectivity index (χ4v) is 8.97. The number of nitrogens with zero attached hydrogens (tertiary/aromatic N) is 3. The molecule has 1 radical (unpaired) electrons. The number of carboxylic acid groups (broad SMARTS) is 6. The Morgan fingerprint density at radius 2 is 0.847 bits per heavy atom. The van der Waals surface area contributed by atoms with Gasteiger partial charge in [-0.3, -0.25) is 57.9 Å². The molecule has 0 fully saturated rings. The second-order valence-electron chi connectivity index (χ2n) is 16.4. The van der Waals surface area contributed by atoms with Crippen LogP contribution < -0.4 is 38.5 Å². The Morgan fingerprint density at radius 3 is 1.24 bits per heavy atom. The molecule has 5 atom stereocenters. The molecule has 0 aliphatic carbocycles. The summed E-state index contributed by atoms with van der Waals surface area (Å²) in [5, 5.41) is 78.6. The number of carboxylic acids is 6. The minimum absolute atomic E-state index is 0. The van der Waals surface area contributed by atoms with Crippen LogP contribution in [0.3, 0.4) is 0 Å². The van der Waals surface area contributed by atoms with E-state index in [9.17, 15) is 83.7 Å². The van der Waals surface area contributed by atoms with Crippen LogP contribution in [0, 0.1) is 47.1 Å². The van der Waals surface area contributed by atoms with Crippen LogP contribution in [0.4, 0.5) is 0 Å². The Hall–Kier alpha value is -3.74. The Labute approximate surface area is 474 Å². The van der Waals surface area contributed by atoms with Crippen molar-refractivity contribution in [2.24, 2.45) is 17.2 Å². The van der Waals surface area contributed by atoms with E-state index in [1.54, 1.807) is 0 Å². The Balaban J connectivity index is 0.0000504. The zero-order chi connectivity index (χ0) is 53.8. The molecule has 0 aliphatic heterocycles. The van der Waals surface area contributed by atoms with Crippen molar-refractivity contribution in [3.05, 3.63) is 24.8 Å². The second-order valence-corrected chi connectivity index (χ2v) is 18.7. The van der Waals surface area contributed by atoms with Gasteiger partial charge in [-0.1, -0.05) is 0 Å². The van der Waals surface area contributed by atoms with Crippen LogP contribution in [0.25, 0.3) is 0 Å². The van der Waals surface area contributed by atoms with Gasteiger partial charge in [-0.25, -0.2) is 4.79 Å². The minimum Gasteiger partial charge on any atom is -0.506 e. The molecule has 17 N–H and O–H groups in total. The number of aliphatic carboxylic acids is 6. The van der Waals surface area contributed by atoms with Gasteiger partial charge in [-0.15, -0.1) is 0 Å². The fraction of sp³-hybridized carbons (Fsp3) is 0.619. The molecular weight excluding hydrogens is 1330 g/mol. The molecule has 0 aromatic heterocycles. The first-order valence-electron chi connectivity index (χ1n) is 22.4. The zero-order valence-electron chi connectivity index (χ0n) is 39.3. The molecule has 0 aliphatic rings. The maximum absolute atomic E-state index is 14.6. The minimum atomic E-state index is -1.88. The summed E-state index contributed by atoms with van der Waals surface area (Å²) in [6.45, 7) is -5.57. The van der Waals surface area contributed by atoms with Crippen LogP contribution >= 0.6 is 45.2 Å². The van der Waals surface area contributed by atoms with E-state index in [2.05, 4.69) is 21.3 Å². The predicted molar refractivity (Wildman–Crippen MR) is 268 cm³/mol. The quantitative estimate of drug-likeness (QED) is 0.0235. The number of halogens is 2. The molecule has 0 heterocycles. The number of aromatic hydroxyl groups is 1. The van der Waals surface area contributed by atoms with Crippen molar-refractivity contribution in [2.45, 2.75) is 94.4 Å². The first-order chi connectivity index (χ1) is 33.4. The maximum atomic E-state index is 14.6. The van der Waals surface area contributed by atoms with Gasteiger partial charge < -0.3 is 74.2 Å². The number of rotatable bonds is 39. The summed E-state index contributed by atoms with van der Waals surface area (Å²) in [5.74, 6) is -12.9. The molecule has 1 aromatic rings. The standard InChI is InChI=1S/C42H66I2N10O17.Gd/c43-25-15-24(16-26(44)37(25)65)17-30(40(68)49-27(7-1-4-10-45)38(66)48-28(8-2-5-11-46)39(67)50-29(42(70)71)9-3-6-12-47)51-41(69)31(54(22-35(61)62)23-36(63)64)18-52(19-32(55)56)13-14-53(20-33(57)58)21-34(59)60;/h15-16,27-31,65H,1-14,17-23,45-47H2,(H,48,66)(H,49,68)(H,50,67)(H,51,69)(H,55,56)(H,57,58)(H,59,60)(H,61,62)(H,63,64)(H,70,71);/q;+3/t27-,28-,29-,30-,31?;/m0./s1. The number of hydrogen-bond donors (Lipinski definition) is 14. The summed E-state index contributed by atoms with van der Waals surface area (Å²) in [6, 6.07) is -4.67. The van der Waals surface area contributed by atoms with E-state index >= 15 is 0 Å². The number of phenols is 1. The third-order valence-corrected chi connectivity index (χ3v) is 12.2. The molecule has 0 saturated heterocycles. The molecule has 0 bridgehead atoms. The number of carbonyl (C=O) groups excluding carboxylic acids is 4. The summed E-state index contributed by atoms with van der Waals surface area (Å²) in [7, 11) is 0. The van der Waals surface area contributed by atoms with E-state index in [1.807, 2.05) is 45.2 Å². The third-order valence-electron chi connectivity index (χ3n) is 10.5. The topological polar surface area (TPSA) is 448 Å². The Kier molecular flexibility index (Phi) is 35.1. The van der Waals surface area contributed by atoms with Gasteiger partial charge in [-0.05, 0) is 140 Å². The average molecular weight is 1390 g/mol. The summed E-state index contributed by atoms with van der Waals surface area (Å²) < 4.78 is 0.655. The molecular formula is C42H66GdI2N10O17+3. The molecule has 72 heavy (non-hydrogen) atoms. The zero-order valence-corrected chi connectivity index (χ0v) is 45.9. The molecule has 1 rings (SSSR count). The van der Waals surface area contributed by atoms with Crippen molar-refractivity contribution in [1.29, 1.82) is 0 Å². The maximum Gasteiger partial charge on any atom is 3.00 e. The van der Waals surface area contributed by atoms with Crippen molar-refractivity contribution < 1.29 is 124 Å². The number of phenolic OH excluding ortho intramolecular Hbond substituents is 1. The Morgan fingerprint density at radius 1 is 0.500 bits per heavy atom. The van der Waals surface area contributed by atoms with Gasteiger partial charge in [0.25, 0.3) is 0 Å². The van der Waals surface area contributed by atoms with Crippen LogP contribution in [0.2, 0.25) is 0 Å². The smallest absolute Gasteiger partial charge is 0.506 e. The van der Waals surface area contributed by atoms with Gasteiger partial charge in [0.05, 0.1) is 39.9 Å². The van der Waals surface area contributed by atoms with E-state index in [0.29, 0.717) is 56.3 Å². The van der Waals surface area contributed by atoms with Gasteiger partial charge in [-0.2, -0.15) is 0 Å². The average Bonchev–Trinajstić information content (AvgIpc) is 3.26. The number of carbonyl (C=O) groups is 10. The number of nitrogens with one attached hydrogen (secondary N) is 4. The first-order valence-corrected chi connectivity index (χ1v) is 24.6. The van der Waals surface area contributed by atoms with E-state index in [1.165, 1.54) is 12.1 Å². The molecule has 4 amide bonds. The van der Waals surface area contributed by atoms with Gasteiger partial charge in [0.1, 0.15) is 36.0 Å². The van der Waals surface area contributed by atoms with E-state index in [-0.39, 0.29) is 90.9 Å². The number of benzene rings is 1. The SMILES string of the molecule is NCCCC[C@H](NC(=O)[C@H](CCCCN)NC(=O)[C@H](CCCCN)NC(=O)[C@H](Cc1cc(I)c(O)c(I)c1)NC(=O)C(CN(CCN(CC(=O)O)CC(=O)O)CC(=O)O)N(CC(=O)O)CC(=O)O)C(=O)O.[Gd+3]. The van der Waals surface area contributed by atoms with Crippen molar-refractivity contribution in [2.75, 3.05) is 72.0 Å². The molecule has 0 spiro atoms. The molecule has 30 heteroatoms. The first kappa shape index (κ1) is 68.3. The Bertz CT molecular complexity index is 1940. The number of hydrogen-bond acceptors (Lipinski definition) is 17. The third kappa shape index (κ3) is 28.1. The van der Waals surface area contributed by atoms with E-state index in [0.717, 1.165) is 9.80 Å². The normalized spacial score (nSPS) is 13.2. The van der Waals surface area contributed by atoms with Gasteiger partial charge in [0.15, 0.2) is 0 Å². The summed E-state index contributed by atoms with van der Waals surface area (Å²) in [6.07, 6.45) is 1.88. The van der Waals surface area contributed by atoms with Crippen LogP contribution in [0.15, 0.2) is 12.1 Å². The van der Waals surface area contributed by atoms with E-state index in [4.69, 9.17) is 17.2 Å². The monoisotopic (exact) mass is 1390 g/mol. The summed E-state index contributed by atoms with van der Waals surface area (Å²) >= 11 is 3.65. The van der Waals surface area contributed by atoms with Gasteiger partial charge >= 0.3 is 75.8 Å². The van der Waals surface area contributed by atoms with Crippen molar-refractivity contribution in [3.8, 4) is 5.75 Å². The van der Waals surface area contributed by atoms with Gasteiger partial charge in [0.2, 0.25) is 23.6 Å². The van der Waals surface area contributed by atoms with Crippen LogP contribution in [-0.4, -0.2) is 212 Å². The molecule has 0 saturated carbocycles. The number of unbranched alkanes of at least 4 members (excludes halogenated alkanes) is 3. The predicted octanol–water partition coefficient (Wildman–Crippen LogP) is -2.75. The van der Waals surface area contributed by atoms with Crippen molar-refractivity contribution >= 4 is 105 Å². The molecule has 1 unspecified atom stereocenters. The van der Waals surface area contributed by atoms with Crippen LogP contribution in [0.5, 0.6) is 5.75 Å². The number of amides is 4. The van der Waals surface area contributed by atoms with E-state index < -0.39 is 142 Å². The number of nitrogens with two attached hydrogens (primary N) is 3. The largest absolute Gasteiger partial charge is 3.00 e. The summed E-state index contributed by atoms with van der Waals surface area (Å²) in [4.78, 5) is 131. The van der Waals surface area contributed by atoms with Crippen molar-refractivity contribution in [3.63, 3.8) is 0 Å². The van der Waals surface area contributed by atoms with Crippen LogP contribution in [-0.2, 0) is 54.4 Å². The van der Waals surface area contributed by atoms with Crippen LogP contribution in [0.1, 0.15) is 63.4 Å². The second kappa shape index (κ2) is 37.1.